The molecule has 2 rings (SSSR count). The fourth-order valence-corrected chi connectivity index (χ4v) is 3.79. The largest absolute Gasteiger partial charge is 0.389 e. The lowest BCUT2D eigenvalue weighted by Gasteiger charge is -2.51. The van der Waals surface area contributed by atoms with E-state index in [0.717, 1.165) is 12.8 Å². The van der Waals surface area contributed by atoms with Crippen LogP contribution in [0.4, 0.5) is 0 Å². The third-order valence-electron chi connectivity index (χ3n) is 5.07. The summed E-state index contributed by atoms with van der Waals surface area (Å²) in [5, 5.41) is 11.0. The van der Waals surface area contributed by atoms with Crippen LogP contribution in [0.5, 0.6) is 0 Å². The van der Waals surface area contributed by atoms with Crippen LogP contribution >= 0.6 is 0 Å². The van der Waals surface area contributed by atoms with Gasteiger partial charge in [0.2, 0.25) is 0 Å². The average Bonchev–Trinajstić information content (AvgIpc) is 2.21. The molecule has 92 valence electrons. The zero-order chi connectivity index (χ0) is 11.9. The second-order valence-electron chi connectivity index (χ2n) is 6.42. The maximum Gasteiger partial charge on any atom is 0.0741 e. The Labute approximate surface area is 99.9 Å². The fraction of sp³-hybridized carbons (Fsp3) is 0.867. The summed E-state index contributed by atoms with van der Waals surface area (Å²) in [6.07, 6.45) is 6.93. The van der Waals surface area contributed by atoms with E-state index >= 15 is 0 Å². The highest BCUT2D eigenvalue weighted by atomic mass is 16.3. The standard InChI is InChI=1S/C15H26O/c1-10(2)13-6-5-12(4)15(16)8-7-11(3)9-14(13)15/h9-10,12-14,16H,5-8H2,1-4H3/t12-,13+,14+,15-/m0/s1. The SMILES string of the molecule is CC1=C[C@@H]2[C@@H](C(C)C)CC[C@H](C)[C@@]2(O)CC1. The van der Waals surface area contributed by atoms with Crippen LogP contribution in [0, 0.1) is 23.7 Å². The Morgan fingerprint density at radius 1 is 1.38 bits per heavy atom. The average molecular weight is 222 g/mol. The summed E-state index contributed by atoms with van der Waals surface area (Å²) in [6.45, 7) is 9.06. The third-order valence-corrected chi connectivity index (χ3v) is 5.07. The van der Waals surface area contributed by atoms with Gasteiger partial charge >= 0.3 is 0 Å². The van der Waals surface area contributed by atoms with Gasteiger partial charge in [0.05, 0.1) is 5.60 Å². The Morgan fingerprint density at radius 3 is 2.69 bits per heavy atom. The van der Waals surface area contributed by atoms with E-state index in [1.807, 2.05) is 0 Å². The number of allylic oxidation sites excluding steroid dienone is 1. The number of hydrogen-bond donors (Lipinski definition) is 1. The van der Waals surface area contributed by atoms with Crippen LogP contribution in [0.2, 0.25) is 0 Å². The molecular formula is C15H26O. The zero-order valence-electron chi connectivity index (χ0n) is 11.2. The first-order chi connectivity index (χ1) is 7.45. The molecule has 0 aliphatic heterocycles. The van der Waals surface area contributed by atoms with Crippen molar-refractivity contribution in [3.05, 3.63) is 11.6 Å². The Morgan fingerprint density at radius 2 is 2.06 bits per heavy atom. The number of aliphatic hydroxyl groups is 1. The van der Waals surface area contributed by atoms with Crippen molar-refractivity contribution >= 4 is 0 Å². The normalized spacial score (nSPS) is 44.1. The Hall–Kier alpha value is -0.300. The van der Waals surface area contributed by atoms with Gasteiger partial charge in [-0.05, 0) is 50.4 Å². The first-order valence-electron chi connectivity index (χ1n) is 6.85. The van der Waals surface area contributed by atoms with Crippen molar-refractivity contribution in [1.29, 1.82) is 0 Å². The molecule has 0 bridgehead atoms. The minimum Gasteiger partial charge on any atom is -0.389 e. The van der Waals surface area contributed by atoms with Crippen molar-refractivity contribution in [2.24, 2.45) is 23.7 Å². The molecule has 0 amide bonds. The van der Waals surface area contributed by atoms with Gasteiger partial charge in [-0.25, -0.2) is 0 Å². The van der Waals surface area contributed by atoms with Crippen LogP contribution in [0.15, 0.2) is 11.6 Å². The number of hydrogen-bond acceptors (Lipinski definition) is 1. The molecule has 4 atom stereocenters. The monoisotopic (exact) mass is 222 g/mol. The Bertz CT molecular complexity index is 292. The first kappa shape index (κ1) is 12.2. The van der Waals surface area contributed by atoms with E-state index in [1.165, 1.54) is 18.4 Å². The van der Waals surface area contributed by atoms with Gasteiger partial charge in [-0.3, -0.25) is 0 Å². The summed E-state index contributed by atoms with van der Waals surface area (Å²) < 4.78 is 0. The molecule has 0 heterocycles. The number of fused-ring (bicyclic) bond motifs is 1. The molecule has 0 radical (unpaired) electrons. The van der Waals surface area contributed by atoms with Gasteiger partial charge < -0.3 is 5.11 Å². The zero-order valence-corrected chi connectivity index (χ0v) is 11.2. The molecule has 0 aromatic heterocycles. The predicted molar refractivity (Wildman–Crippen MR) is 68.2 cm³/mol. The van der Waals surface area contributed by atoms with Gasteiger partial charge in [0.25, 0.3) is 0 Å². The van der Waals surface area contributed by atoms with Crippen LogP contribution < -0.4 is 0 Å². The van der Waals surface area contributed by atoms with Crippen molar-refractivity contribution in [2.45, 2.75) is 59.0 Å². The second-order valence-corrected chi connectivity index (χ2v) is 6.42. The number of rotatable bonds is 1. The van der Waals surface area contributed by atoms with Crippen molar-refractivity contribution in [2.75, 3.05) is 0 Å². The lowest BCUT2D eigenvalue weighted by Crippen LogP contribution is -2.52. The highest BCUT2D eigenvalue weighted by Crippen LogP contribution is 2.50. The quantitative estimate of drug-likeness (QED) is 0.669. The van der Waals surface area contributed by atoms with E-state index in [1.54, 1.807) is 0 Å². The third kappa shape index (κ3) is 1.84. The fourth-order valence-electron chi connectivity index (χ4n) is 3.79. The van der Waals surface area contributed by atoms with Crippen LogP contribution in [0.3, 0.4) is 0 Å². The van der Waals surface area contributed by atoms with Crippen molar-refractivity contribution in [3.8, 4) is 0 Å². The molecule has 0 aromatic rings. The van der Waals surface area contributed by atoms with Crippen LogP contribution in [-0.2, 0) is 0 Å². The van der Waals surface area contributed by atoms with Crippen molar-refractivity contribution < 1.29 is 5.11 Å². The molecule has 0 unspecified atom stereocenters. The molecule has 0 aromatic carbocycles. The van der Waals surface area contributed by atoms with Gasteiger partial charge in [-0.2, -0.15) is 0 Å². The maximum atomic E-state index is 11.0. The Balaban J connectivity index is 2.32. The topological polar surface area (TPSA) is 20.2 Å². The Kier molecular flexibility index (Phi) is 3.18. The highest BCUT2D eigenvalue weighted by molar-refractivity contribution is 5.17. The van der Waals surface area contributed by atoms with E-state index in [2.05, 4.69) is 33.8 Å². The minimum atomic E-state index is -0.410. The molecule has 1 fully saturated rings. The van der Waals surface area contributed by atoms with Gasteiger partial charge in [-0.15, -0.1) is 0 Å². The van der Waals surface area contributed by atoms with Crippen LogP contribution in [0.1, 0.15) is 53.4 Å². The summed E-state index contributed by atoms with van der Waals surface area (Å²) in [5.41, 5.74) is 1.07. The predicted octanol–water partition coefficient (Wildman–Crippen LogP) is 3.78. The first-order valence-corrected chi connectivity index (χ1v) is 6.85. The molecule has 2 aliphatic rings. The summed E-state index contributed by atoms with van der Waals surface area (Å²) in [7, 11) is 0. The van der Waals surface area contributed by atoms with Gasteiger partial charge in [0.15, 0.2) is 0 Å². The molecule has 1 nitrogen and oxygen atoms in total. The summed E-state index contributed by atoms with van der Waals surface area (Å²) >= 11 is 0. The van der Waals surface area contributed by atoms with E-state index in [0.29, 0.717) is 23.7 Å². The van der Waals surface area contributed by atoms with Gasteiger partial charge in [0.1, 0.15) is 0 Å². The van der Waals surface area contributed by atoms with Crippen molar-refractivity contribution in [1.82, 2.24) is 0 Å². The lowest BCUT2D eigenvalue weighted by molar-refractivity contribution is -0.111. The van der Waals surface area contributed by atoms with E-state index in [9.17, 15) is 5.11 Å². The highest BCUT2D eigenvalue weighted by Gasteiger charge is 2.49. The molecule has 1 N–H and O–H groups in total. The molecule has 0 spiro atoms. The van der Waals surface area contributed by atoms with E-state index in [-0.39, 0.29) is 0 Å². The van der Waals surface area contributed by atoms with E-state index in [4.69, 9.17) is 0 Å². The smallest absolute Gasteiger partial charge is 0.0741 e. The van der Waals surface area contributed by atoms with E-state index < -0.39 is 5.60 Å². The molecule has 0 saturated heterocycles. The minimum absolute atomic E-state index is 0.407. The molecule has 1 saturated carbocycles. The molecule has 16 heavy (non-hydrogen) atoms. The summed E-state index contributed by atoms with van der Waals surface area (Å²) in [4.78, 5) is 0. The molecule has 1 heteroatoms. The van der Waals surface area contributed by atoms with Crippen LogP contribution in [-0.4, -0.2) is 10.7 Å². The van der Waals surface area contributed by atoms with Crippen molar-refractivity contribution in [3.63, 3.8) is 0 Å². The summed E-state index contributed by atoms with van der Waals surface area (Å²) in [6, 6.07) is 0. The second kappa shape index (κ2) is 4.18. The van der Waals surface area contributed by atoms with Crippen LogP contribution in [0.25, 0.3) is 0 Å². The molecular weight excluding hydrogens is 196 g/mol. The lowest BCUT2D eigenvalue weighted by atomic mass is 9.57. The van der Waals surface area contributed by atoms with Gasteiger partial charge in [0, 0.05) is 5.92 Å². The molecule has 2 aliphatic carbocycles. The van der Waals surface area contributed by atoms with Gasteiger partial charge in [-0.1, -0.05) is 32.4 Å². The summed E-state index contributed by atoms with van der Waals surface area (Å²) in [5.74, 6) is 2.24. The maximum absolute atomic E-state index is 11.0.